The minimum absolute atomic E-state index is 0.0895. The number of anilines is 1. The molecule has 0 saturated heterocycles. The maximum Gasteiger partial charge on any atom is 0.260 e. The second kappa shape index (κ2) is 10.2. The van der Waals surface area contributed by atoms with Gasteiger partial charge in [-0.05, 0) is 25.8 Å². The minimum atomic E-state index is -0.296. The standard InChI is InChI=1S/C20H26N4O4S/c1-13-16(7-10-28-13)19(27)24-20-23-15(12-29-20)11-17(25)21-8-9-22-18(26)14-5-3-2-4-6-14/h7,10,12,14H,2-6,8-9,11H2,1H3,(H,21,25)(H,22,26)(H,23,24,27). The minimum Gasteiger partial charge on any atom is -0.469 e. The van der Waals surface area contributed by atoms with E-state index in [0.29, 0.717) is 35.2 Å². The van der Waals surface area contributed by atoms with Crippen LogP contribution < -0.4 is 16.0 Å². The summed E-state index contributed by atoms with van der Waals surface area (Å²) in [7, 11) is 0. The maximum atomic E-state index is 12.2. The Morgan fingerprint density at radius 3 is 2.66 bits per heavy atom. The average Bonchev–Trinajstić information content (AvgIpc) is 3.34. The van der Waals surface area contributed by atoms with Crippen molar-refractivity contribution in [2.75, 3.05) is 18.4 Å². The van der Waals surface area contributed by atoms with Crippen LogP contribution in [0.5, 0.6) is 0 Å². The van der Waals surface area contributed by atoms with Crippen LogP contribution in [0.1, 0.15) is 53.9 Å². The lowest BCUT2D eigenvalue weighted by atomic mass is 9.89. The van der Waals surface area contributed by atoms with Crippen molar-refractivity contribution in [3.63, 3.8) is 0 Å². The van der Waals surface area contributed by atoms with E-state index in [9.17, 15) is 14.4 Å². The van der Waals surface area contributed by atoms with Gasteiger partial charge in [-0.25, -0.2) is 4.98 Å². The molecule has 0 radical (unpaired) electrons. The zero-order valence-corrected chi connectivity index (χ0v) is 17.3. The van der Waals surface area contributed by atoms with Gasteiger partial charge < -0.3 is 15.1 Å². The van der Waals surface area contributed by atoms with Crippen LogP contribution in [0.3, 0.4) is 0 Å². The summed E-state index contributed by atoms with van der Waals surface area (Å²) >= 11 is 1.26. The van der Waals surface area contributed by atoms with Crippen molar-refractivity contribution < 1.29 is 18.8 Å². The molecule has 1 aliphatic carbocycles. The van der Waals surface area contributed by atoms with E-state index in [4.69, 9.17) is 4.42 Å². The number of carbonyl (C=O) groups excluding carboxylic acids is 3. The van der Waals surface area contributed by atoms with Gasteiger partial charge in [-0.3, -0.25) is 19.7 Å². The Hall–Kier alpha value is -2.68. The lowest BCUT2D eigenvalue weighted by Crippen LogP contribution is -2.38. The molecule has 156 valence electrons. The van der Waals surface area contributed by atoms with Gasteiger partial charge in [-0.15, -0.1) is 11.3 Å². The highest BCUT2D eigenvalue weighted by Gasteiger charge is 2.20. The molecule has 1 saturated carbocycles. The molecule has 0 aliphatic heterocycles. The second-order valence-corrected chi connectivity index (χ2v) is 8.00. The third-order valence-electron chi connectivity index (χ3n) is 4.94. The lowest BCUT2D eigenvalue weighted by Gasteiger charge is -2.20. The fraction of sp³-hybridized carbons (Fsp3) is 0.500. The SMILES string of the molecule is Cc1occc1C(=O)Nc1nc(CC(=O)NCCNC(=O)C2CCCCC2)cs1. The van der Waals surface area contributed by atoms with Crippen molar-refractivity contribution in [1.82, 2.24) is 15.6 Å². The van der Waals surface area contributed by atoms with Crippen molar-refractivity contribution in [1.29, 1.82) is 0 Å². The maximum absolute atomic E-state index is 12.2. The summed E-state index contributed by atoms with van der Waals surface area (Å²) in [5.41, 5.74) is 1.03. The quantitative estimate of drug-likeness (QED) is 0.571. The van der Waals surface area contributed by atoms with E-state index in [1.54, 1.807) is 18.4 Å². The van der Waals surface area contributed by atoms with Crippen LogP contribution in [0.15, 0.2) is 22.1 Å². The number of aryl methyl sites for hydroxylation is 1. The molecule has 0 unspecified atom stereocenters. The zero-order valence-electron chi connectivity index (χ0n) is 16.5. The second-order valence-electron chi connectivity index (χ2n) is 7.14. The van der Waals surface area contributed by atoms with Crippen molar-refractivity contribution in [2.45, 2.75) is 45.4 Å². The molecule has 3 rings (SSSR count). The normalized spacial score (nSPS) is 14.4. The molecule has 29 heavy (non-hydrogen) atoms. The summed E-state index contributed by atoms with van der Waals surface area (Å²) in [6.07, 6.45) is 6.94. The fourth-order valence-corrected chi connectivity index (χ4v) is 4.06. The van der Waals surface area contributed by atoms with Gasteiger partial charge >= 0.3 is 0 Å². The average molecular weight is 419 g/mol. The van der Waals surface area contributed by atoms with Crippen LogP contribution in [-0.4, -0.2) is 35.8 Å². The van der Waals surface area contributed by atoms with Crippen molar-refractivity contribution in [3.8, 4) is 0 Å². The van der Waals surface area contributed by atoms with Gasteiger partial charge in [0, 0.05) is 24.4 Å². The van der Waals surface area contributed by atoms with Crippen LogP contribution in [0.25, 0.3) is 0 Å². The number of thiazole rings is 1. The smallest absolute Gasteiger partial charge is 0.260 e. The molecule has 2 aromatic rings. The van der Waals surface area contributed by atoms with Crippen LogP contribution in [0.2, 0.25) is 0 Å². The number of furan rings is 1. The van der Waals surface area contributed by atoms with Crippen LogP contribution in [-0.2, 0) is 16.0 Å². The Labute approximate surface area is 173 Å². The molecular weight excluding hydrogens is 392 g/mol. The fourth-order valence-electron chi connectivity index (χ4n) is 3.35. The predicted molar refractivity (Wildman–Crippen MR) is 110 cm³/mol. The van der Waals surface area contributed by atoms with E-state index in [1.807, 2.05) is 0 Å². The topological polar surface area (TPSA) is 113 Å². The number of nitrogens with one attached hydrogen (secondary N) is 3. The Bertz CT molecular complexity index is 854. The summed E-state index contributed by atoms with van der Waals surface area (Å²) in [6.45, 7) is 2.51. The van der Waals surface area contributed by atoms with E-state index in [0.717, 1.165) is 25.7 Å². The highest BCUT2D eigenvalue weighted by molar-refractivity contribution is 7.14. The highest BCUT2D eigenvalue weighted by Crippen LogP contribution is 2.23. The summed E-state index contributed by atoms with van der Waals surface area (Å²) in [5, 5.41) is 10.5. The van der Waals surface area contributed by atoms with Crippen molar-refractivity contribution in [3.05, 3.63) is 34.7 Å². The molecule has 2 heterocycles. The number of rotatable bonds is 8. The largest absolute Gasteiger partial charge is 0.469 e. The number of hydrogen-bond acceptors (Lipinski definition) is 6. The lowest BCUT2D eigenvalue weighted by molar-refractivity contribution is -0.126. The molecule has 0 spiro atoms. The first kappa shape index (κ1) is 21.0. The van der Waals surface area contributed by atoms with Crippen molar-refractivity contribution >= 4 is 34.2 Å². The molecule has 3 amide bonds. The highest BCUT2D eigenvalue weighted by atomic mass is 32.1. The number of nitrogens with zero attached hydrogens (tertiary/aromatic N) is 1. The summed E-state index contributed by atoms with van der Waals surface area (Å²) in [6, 6.07) is 1.60. The zero-order chi connectivity index (χ0) is 20.6. The third kappa shape index (κ3) is 6.15. The molecule has 0 atom stereocenters. The Morgan fingerprint density at radius 1 is 1.17 bits per heavy atom. The van der Waals surface area contributed by atoms with E-state index in [-0.39, 0.29) is 30.1 Å². The number of hydrogen-bond donors (Lipinski definition) is 3. The predicted octanol–water partition coefficient (Wildman–Crippen LogP) is 2.65. The number of carbonyl (C=O) groups is 3. The van der Waals surface area contributed by atoms with Crippen LogP contribution in [0, 0.1) is 12.8 Å². The van der Waals surface area contributed by atoms with Gasteiger partial charge in [0.15, 0.2) is 5.13 Å². The van der Waals surface area contributed by atoms with Gasteiger partial charge in [0.05, 0.1) is 23.9 Å². The van der Waals surface area contributed by atoms with E-state index >= 15 is 0 Å². The summed E-state index contributed by atoms with van der Waals surface area (Å²) in [4.78, 5) is 40.5. The van der Waals surface area contributed by atoms with Gasteiger partial charge in [0.1, 0.15) is 5.76 Å². The van der Waals surface area contributed by atoms with Crippen LogP contribution in [0.4, 0.5) is 5.13 Å². The molecule has 1 aliphatic rings. The molecule has 1 fully saturated rings. The Morgan fingerprint density at radius 2 is 1.93 bits per heavy atom. The molecular formula is C20H26N4O4S. The summed E-state index contributed by atoms with van der Waals surface area (Å²) in [5.74, 6) is 0.274. The van der Waals surface area contributed by atoms with E-state index in [1.165, 1.54) is 24.0 Å². The first-order valence-corrected chi connectivity index (χ1v) is 10.7. The van der Waals surface area contributed by atoms with Gasteiger partial charge in [0.25, 0.3) is 5.91 Å². The number of amides is 3. The van der Waals surface area contributed by atoms with E-state index < -0.39 is 0 Å². The van der Waals surface area contributed by atoms with Gasteiger partial charge in [-0.1, -0.05) is 19.3 Å². The molecule has 3 N–H and O–H groups in total. The van der Waals surface area contributed by atoms with Gasteiger partial charge in [0.2, 0.25) is 11.8 Å². The monoisotopic (exact) mass is 418 g/mol. The van der Waals surface area contributed by atoms with Gasteiger partial charge in [-0.2, -0.15) is 0 Å². The summed E-state index contributed by atoms with van der Waals surface area (Å²) < 4.78 is 5.12. The Kier molecular flexibility index (Phi) is 7.40. The Balaban J connectivity index is 1.36. The molecule has 9 heteroatoms. The molecule has 2 aromatic heterocycles. The first-order chi connectivity index (χ1) is 14.0. The molecule has 0 aromatic carbocycles. The first-order valence-electron chi connectivity index (χ1n) is 9.87. The van der Waals surface area contributed by atoms with Crippen LogP contribution >= 0.6 is 11.3 Å². The molecule has 8 nitrogen and oxygen atoms in total. The van der Waals surface area contributed by atoms with E-state index in [2.05, 4.69) is 20.9 Å². The molecule has 0 bridgehead atoms. The third-order valence-corrected chi connectivity index (χ3v) is 5.75. The van der Waals surface area contributed by atoms with Crippen molar-refractivity contribution in [2.24, 2.45) is 5.92 Å². The number of aromatic nitrogens is 1.